The topological polar surface area (TPSA) is 21.3 Å². The van der Waals surface area contributed by atoms with Gasteiger partial charge in [-0.05, 0) is 38.4 Å². The van der Waals surface area contributed by atoms with Crippen molar-refractivity contribution in [2.45, 2.75) is 33.2 Å². The van der Waals surface area contributed by atoms with E-state index in [9.17, 15) is 0 Å². The summed E-state index contributed by atoms with van der Waals surface area (Å²) >= 11 is 1.91. The number of hydrogen-bond acceptors (Lipinski definition) is 3. The molecule has 0 aliphatic rings. The second kappa shape index (κ2) is 7.85. The second-order valence-electron chi connectivity index (χ2n) is 3.45. The highest BCUT2D eigenvalue weighted by atomic mass is 32.1. The molecule has 0 saturated heterocycles. The molecule has 86 valence electrons. The fourth-order valence-corrected chi connectivity index (χ4v) is 2.29. The van der Waals surface area contributed by atoms with Gasteiger partial charge in [0, 0.05) is 29.5 Å². The number of hydrogen-bond donors (Lipinski definition) is 1. The molecule has 0 atom stereocenters. The molecule has 0 aromatic carbocycles. The zero-order valence-electron chi connectivity index (χ0n) is 9.71. The van der Waals surface area contributed by atoms with Crippen LogP contribution in [-0.4, -0.2) is 19.8 Å². The smallest absolute Gasteiger partial charge is 0.0477 e. The minimum absolute atomic E-state index is 0.824. The van der Waals surface area contributed by atoms with Gasteiger partial charge in [0.15, 0.2) is 0 Å². The largest absolute Gasteiger partial charge is 0.382 e. The van der Waals surface area contributed by atoms with Crippen molar-refractivity contribution in [3.8, 4) is 0 Å². The maximum absolute atomic E-state index is 5.27. The Hall–Kier alpha value is -0.380. The Morgan fingerprint density at radius 3 is 2.73 bits per heavy atom. The Labute approximate surface area is 96.7 Å². The minimum atomic E-state index is 0.824. The summed E-state index contributed by atoms with van der Waals surface area (Å²) in [6, 6.07) is 4.45. The molecule has 0 aliphatic carbocycles. The minimum Gasteiger partial charge on any atom is -0.382 e. The number of nitrogens with one attached hydrogen (secondary N) is 1. The summed E-state index contributed by atoms with van der Waals surface area (Å²) in [7, 11) is 0. The van der Waals surface area contributed by atoms with Gasteiger partial charge in [0.25, 0.3) is 0 Å². The van der Waals surface area contributed by atoms with Crippen LogP contribution in [0.1, 0.15) is 30.0 Å². The lowest BCUT2D eigenvalue weighted by atomic mass is 10.3. The third-order valence-electron chi connectivity index (χ3n) is 2.21. The number of thiophene rings is 1. The number of rotatable bonds is 8. The van der Waals surface area contributed by atoms with Crippen molar-refractivity contribution in [1.82, 2.24) is 5.32 Å². The Bertz CT molecular complexity index is 260. The summed E-state index contributed by atoms with van der Waals surface area (Å²) in [5.41, 5.74) is 0. The first-order valence-electron chi connectivity index (χ1n) is 5.72. The maximum atomic E-state index is 5.27. The molecule has 1 rings (SSSR count). The monoisotopic (exact) mass is 227 g/mol. The average Bonchev–Trinajstić information content (AvgIpc) is 2.71. The zero-order chi connectivity index (χ0) is 10.9. The van der Waals surface area contributed by atoms with E-state index in [2.05, 4.69) is 24.4 Å². The standard InChI is InChI=1S/C12H21NOS/c1-3-11-6-7-12(15-11)10-13-8-5-9-14-4-2/h6-7,13H,3-5,8-10H2,1-2H3. The first-order valence-corrected chi connectivity index (χ1v) is 6.54. The quantitative estimate of drug-likeness (QED) is 0.690. The van der Waals surface area contributed by atoms with Crippen molar-refractivity contribution in [1.29, 1.82) is 0 Å². The number of aryl methyl sites for hydroxylation is 1. The predicted octanol–water partition coefficient (Wildman–Crippen LogP) is 2.83. The van der Waals surface area contributed by atoms with Crippen LogP contribution in [0.3, 0.4) is 0 Å². The van der Waals surface area contributed by atoms with Crippen LogP contribution in [-0.2, 0) is 17.7 Å². The molecule has 0 unspecified atom stereocenters. The molecule has 1 N–H and O–H groups in total. The van der Waals surface area contributed by atoms with E-state index in [0.717, 1.165) is 39.1 Å². The van der Waals surface area contributed by atoms with Crippen LogP contribution in [0.5, 0.6) is 0 Å². The van der Waals surface area contributed by atoms with E-state index in [4.69, 9.17) is 4.74 Å². The van der Waals surface area contributed by atoms with Crippen molar-refractivity contribution >= 4 is 11.3 Å². The predicted molar refractivity (Wildman–Crippen MR) is 66.5 cm³/mol. The molecule has 0 bridgehead atoms. The van der Waals surface area contributed by atoms with Crippen molar-refractivity contribution < 1.29 is 4.74 Å². The van der Waals surface area contributed by atoms with Crippen LogP contribution in [0.25, 0.3) is 0 Å². The highest BCUT2D eigenvalue weighted by Gasteiger charge is 1.97. The van der Waals surface area contributed by atoms with Gasteiger partial charge < -0.3 is 10.1 Å². The van der Waals surface area contributed by atoms with Gasteiger partial charge in [-0.25, -0.2) is 0 Å². The Balaban J connectivity index is 2.04. The lowest BCUT2D eigenvalue weighted by molar-refractivity contribution is 0.144. The molecule has 0 amide bonds. The fraction of sp³-hybridized carbons (Fsp3) is 0.667. The average molecular weight is 227 g/mol. The van der Waals surface area contributed by atoms with Gasteiger partial charge in [0.1, 0.15) is 0 Å². The van der Waals surface area contributed by atoms with Gasteiger partial charge in [0.05, 0.1) is 0 Å². The first kappa shape index (κ1) is 12.7. The number of ether oxygens (including phenoxy) is 1. The van der Waals surface area contributed by atoms with Gasteiger partial charge in [-0.1, -0.05) is 6.92 Å². The fourth-order valence-electron chi connectivity index (χ4n) is 1.36. The van der Waals surface area contributed by atoms with E-state index in [1.54, 1.807) is 0 Å². The molecular weight excluding hydrogens is 206 g/mol. The van der Waals surface area contributed by atoms with Gasteiger partial charge in [-0.15, -0.1) is 11.3 Å². The molecule has 0 aliphatic heterocycles. The molecule has 0 spiro atoms. The summed E-state index contributed by atoms with van der Waals surface area (Å²) in [6.07, 6.45) is 2.24. The molecule has 0 radical (unpaired) electrons. The zero-order valence-corrected chi connectivity index (χ0v) is 10.5. The Morgan fingerprint density at radius 1 is 1.27 bits per heavy atom. The van der Waals surface area contributed by atoms with Gasteiger partial charge in [-0.2, -0.15) is 0 Å². The Morgan fingerprint density at radius 2 is 2.07 bits per heavy atom. The maximum Gasteiger partial charge on any atom is 0.0477 e. The molecule has 0 saturated carbocycles. The molecule has 1 heterocycles. The van der Waals surface area contributed by atoms with E-state index >= 15 is 0 Å². The van der Waals surface area contributed by atoms with Crippen molar-refractivity contribution in [2.75, 3.05) is 19.8 Å². The third-order valence-corrected chi connectivity index (χ3v) is 3.44. The van der Waals surface area contributed by atoms with Crippen LogP contribution in [0, 0.1) is 0 Å². The van der Waals surface area contributed by atoms with Crippen LogP contribution < -0.4 is 5.32 Å². The highest BCUT2D eigenvalue weighted by Crippen LogP contribution is 2.16. The molecule has 15 heavy (non-hydrogen) atoms. The van der Waals surface area contributed by atoms with E-state index in [1.165, 1.54) is 9.75 Å². The highest BCUT2D eigenvalue weighted by molar-refractivity contribution is 7.11. The van der Waals surface area contributed by atoms with Crippen LogP contribution >= 0.6 is 11.3 Å². The SMILES string of the molecule is CCOCCCNCc1ccc(CC)s1. The summed E-state index contributed by atoms with van der Waals surface area (Å²) < 4.78 is 5.27. The van der Waals surface area contributed by atoms with Crippen LogP contribution in [0.2, 0.25) is 0 Å². The summed E-state index contributed by atoms with van der Waals surface area (Å²) in [5.74, 6) is 0. The van der Waals surface area contributed by atoms with Crippen molar-refractivity contribution in [3.05, 3.63) is 21.9 Å². The summed E-state index contributed by atoms with van der Waals surface area (Å²) in [6.45, 7) is 7.96. The molecule has 3 heteroatoms. The molecule has 2 nitrogen and oxygen atoms in total. The van der Waals surface area contributed by atoms with E-state index < -0.39 is 0 Å². The van der Waals surface area contributed by atoms with Crippen molar-refractivity contribution in [2.24, 2.45) is 0 Å². The first-order chi connectivity index (χ1) is 7.36. The van der Waals surface area contributed by atoms with Crippen LogP contribution in [0.4, 0.5) is 0 Å². The molecular formula is C12H21NOS. The normalized spacial score (nSPS) is 10.8. The van der Waals surface area contributed by atoms with Gasteiger partial charge in [0.2, 0.25) is 0 Å². The summed E-state index contributed by atoms with van der Waals surface area (Å²) in [4.78, 5) is 2.91. The summed E-state index contributed by atoms with van der Waals surface area (Å²) in [5, 5.41) is 3.43. The second-order valence-corrected chi connectivity index (χ2v) is 4.70. The Kier molecular flexibility index (Phi) is 6.64. The van der Waals surface area contributed by atoms with Gasteiger partial charge >= 0.3 is 0 Å². The lowest BCUT2D eigenvalue weighted by Crippen LogP contribution is -2.15. The molecule has 1 aromatic heterocycles. The lowest BCUT2D eigenvalue weighted by Gasteiger charge is -2.03. The third kappa shape index (κ3) is 5.30. The van der Waals surface area contributed by atoms with Crippen LogP contribution in [0.15, 0.2) is 12.1 Å². The molecule has 0 fully saturated rings. The van der Waals surface area contributed by atoms with E-state index in [0.29, 0.717) is 0 Å². The van der Waals surface area contributed by atoms with E-state index in [-0.39, 0.29) is 0 Å². The van der Waals surface area contributed by atoms with E-state index in [1.807, 2.05) is 18.3 Å². The van der Waals surface area contributed by atoms with Gasteiger partial charge in [-0.3, -0.25) is 0 Å². The molecule has 1 aromatic rings. The van der Waals surface area contributed by atoms with Crippen molar-refractivity contribution in [3.63, 3.8) is 0 Å².